The fraction of sp³-hybridized carbons (Fsp3) is 0.0833. The van der Waals surface area contributed by atoms with Gasteiger partial charge in [0.15, 0.2) is 0 Å². The summed E-state index contributed by atoms with van der Waals surface area (Å²) in [5.41, 5.74) is 6.19. The van der Waals surface area contributed by atoms with Crippen molar-refractivity contribution in [3.05, 3.63) is 94.0 Å². The Bertz CT molecular complexity index is 1170. The van der Waals surface area contributed by atoms with Crippen molar-refractivity contribution in [3.63, 3.8) is 0 Å². The molecule has 0 atom stereocenters. The molecule has 1 aromatic heterocycles. The van der Waals surface area contributed by atoms with Gasteiger partial charge in [-0.05, 0) is 49.7 Å². The van der Waals surface area contributed by atoms with Crippen molar-refractivity contribution in [3.8, 4) is 11.3 Å². The van der Waals surface area contributed by atoms with Gasteiger partial charge in [0, 0.05) is 21.1 Å². The van der Waals surface area contributed by atoms with E-state index in [1.165, 1.54) is 0 Å². The quantitative estimate of drug-likeness (QED) is 0.401. The average Bonchev–Trinajstić information content (AvgIpc) is 2.70. The lowest BCUT2D eigenvalue weighted by molar-refractivity contribution is 0.102. The molecule has 138 valence electrons. The standard InChI is InChI=1S/C24H19BrN2O/c1-15-6-12-19(13-7-15)26-24(28)21-14-22(17-8-10-18(25)11-9-17)27-23-16(2)4-3-5-20(21)23/h3-14H,1-2H3,(H,26,28). The Morgan fingerprint density at radius 3 is 2.36 bits per heavy atom. The molecule has 0 radical (unpaired) electrons. The summed E-state index contributed by atoms with van der Waals surface area (Å²) in [5, 5.41) is 3.86. The van der Waals surface area contributed by atoms with E-state index in [1.807, 2.05) is 86.6 Å². The number of pyridine rings is 1. The van der Waals surface area contributed by atoms with E-state index in [4.69, 9.17) is 4.98 Å². The number of anilines is 1. The average molecular weight is 431 g/mol. The van der Waals surface area contributed by atoms with E-state index in [0.717, 1.165) is 43.4 Å². The van der Waals surface area contributed by atoms with Crippen LogP contribution in [0, 0.1) is 13.8 Å². The Kier molecular flexibility index (Phi) is 4.97. The number of hydrogen-bond donors (Lipinski definition) is 1. The van der Waals surface area contributed by atoms with Crippen LogP contribution in [0.25, 0.3) is 22.2 Å². The van der Waals surface area contributed by atoms with Crippen molar-refractivity contribution >= 4 is 38.4 Å². The number of para-hydroxylation sites is 1. The molecular formula is C24H19BrN2O. The second-order valence-corrected chi connectivity index (χ2v) is 7.77. The number of aromatic nitrogens is 1. The summed E-state index contributed by atoms with van der Waals surface area (Å²) in [6.45, 7) is 4.04. The van der Waals surface area contributed by atoms with Crippen LogP contribution in [0.1, 0.15) is 21.5 Å². The number of carbonyl (C=O) groups excluding carboxylic acids is 1. The zero-order chi connectivity index (χ0) is 19.7. The summed E-state index contributed by atoms with van der Waals surface area (Å²) in [7, 11) is 0. The second-order valence-electron chi connectivity index (χ2n) is 6.85. The van der Waals surface area contributed by atoms with Gasteiger partial charge in [0.2, 0.25) is 0 Å². The number of carbonyl (C=O) groups is 1. The highest BCUT2D eigenvalue weighted by Gasteiger charge is 2.15. The molecule has 3 nitrogen and oxygen atoms in total. The first-order valence-electron chi connectivity index (χ1n) is 9.05. The van der Waals surface area contributed by atoms with E-state index in [1.54, 1.807) is 0 Å². The molecule has 4 heteroatoms. The van der Waals surface area contributed by atoms with E-state index >= 15 is 0 Å². The summed E-state index contributed by atoms with van der Waals surface area (Å²) in [4.78, 5) is 18.0. The molecule has 4 rings (SSSR count). The first-order chi connectivity index (χ1) is 13.5. The van der Waals surface area contributed by atoms with Gasteiger partial charge in [0.05, 0.1) is 16.8 Å². The van der Waals surface area contributed by atoms with Crippen LogP contribution in [0.15, 0.2) is 77.3 Å². The molecule has 0 aliphatic heterocycles. The van der Waals surface area contributed by atoms with Crippen LogP contribution in [-0.2, 0) is 0 Å². The van der Waals surface area contributed by atoms with Crippen molar-refractivity contribution in [2.24, 2.45) is 0 Å². The maximum absolute atomic E-state index is 13.1. The fourth-order valence-corrected chi connectivity index (χ4v) is 3.45. The zero-order valence-electron chi connectivity index (χ0n) is 15.7. The smallest absolute Gasteiger partial charge is 0.256 e. The van der Waals surface area contributed by atoms with E-state index < -0.39 is 0 Å². The van der Waals surface area contributed by atoms with Crippen molar-refractivity contribution in [1.82, 2.24) is 4.98 Å². The summed E-state index contributed by atoms with van der Waals surface area (Å²) in [5.74, 6) is -0.139. The Morgan fingerprint density at radius 1 is 0.929 bits per heavy atom. The highest BCUT2D eigenvalue weighted by atomic mass is 79.9. The number of amides is 1. The van der Waals surface area contributed by atoms with E-state index in [-0.39, 0.29) is 5.91 Å². The molecule has 4 aromatic rings. The maximum Gasteiger partial charge on any atom is 0.256 e. The molecule has 3 aromatic carbocycles. The molecule has 0 bridgehead atoms. The third kappa shape index (κ3) is 3.69. The Hall–Kier alpha value is -2.98. The van der Waals surface area contributed by atoms with E-state index in [0.29, 0.717) is 5.56 Å². The first kappa shape index (κ1) is 18.4. The third-order valence-electron chi connectivity index (χ3n) is 4.74. The van der Waals surface area contributed by atoms with Crippen LogP contribution in [-0.4, -0.2) is 10.9 Å². The van der Waals surface area contributed by atoms with Gasteiger partial charge in [-0.1, -0.05) is 64.0 Å². The van der Waals surface area contributed by atoms with Gasteiger partial charge in [-0.2, -0.15) is 0 Å². The number of benzene rings is 3. The molecule has 1 amide bonds. The van der Waals surface area contributed by atoms with Crippen LogP contribution in [0.2, 0.25) is 0 Å². The van der Waals surface area contributed by atoms with E-state index in [9.17, 15) is 4.79 Å². The van der Waals surface area contributed by atoms with Gasteiger partial charge in [-0.3, -0.25) is 4.79 Å². The van der Waals surface area contributed by atoms with Crippen LogP contribution in [0.4, 0.5) is 5.69 Å². The minimum Gasteiger partial charge on any atom is -0.322 e. The topological polar surface area (TPSA) is 42.0 Å². The van der Waals surface area contributed by atoms with Crippen molar-refractivity contribution in [2.45, 2.75) is 13.8 Å². The lowest BCUT2D eigenvalue weighted by Gasteiger charge is -2.12. The summed E-state index contributed by atoms with van der Waals surface area (Å²) >= 11 is 3.46. The van der Waals surface area contributed by atoms with Gasteiger partial charge in [0.1, 0.15) is 0 Å². The molecule has 1 heterocycles. The largest absolute Gasteiger partial charge is 0.322 e. The molecule has 0 saturated carbocycles. The molecule has 0 aliphatic carbocycles. The molecule has 28 heavy (non-hydrogen) atoms. The number of hydrogen-bond acceptors (Lipinski definition) is 2. The fourth-order valence-electron chi connectivity index (χ4n) is 3.18. The van der Waals surface area contributed by atoms with Crippen molar-refractivity contribution in [1.29, 1.82) is 0 Å². The first-order valence-corrected chi connectivity index (χ1v) is 9.85. The molecule has 0 aliphatic rings. The lowest BCUT2D eigenvalue weighted by Crippen LogP contribution is -2.13. The number of rotatable bonds is 3. The molecule has 1 N–H and O–H groups in total. The number of nitrogens with one attached hydrogen (secondary N) is 1. The molecule has 0 fully saturated rings. The van der Waals surface area contributed by atoms with Crippen LogP contribution in [0.5, 0.6) is 0 Å². The van der Waals surface area contributed by atoms with Gasteiger partial charge < -0.3 is 5.32 Å². The van der Waals surface area contributed by atoms with Crippen LogP contribution >= 0.6 is 15.9 Å². The van der Waals surface area contributed by atoms with Gasteiger partial charge >= 0.3 is 0 Å². The summed E-state index contributed by atoms with van der Waals surface area (Å²) in [6.07, 6.45) is 0. The van der Waals surface area contributed by atoms with E-state index in [2.05, 4.69) is 21.2 Å². The highest BCUT2D eigenvalue weighted by molar-refractivity contribution is 9.10. The van der Waals surface area contributed by atoms with Crippen molar-refractivity contribution < 1.29 is 4.79 Å². The minimum atomic E-state index is -0.139. The summed E-state index contributed by atoms with van der Waals surface area (Å²) < 4.78 is 1.01. The number of halogens is 1. The minimum absolute atomic E-state index is 0.139. The van der Waals surface area contributed by atoms with Crippen LogP contribution < -0.4 is 5.32 Å². The van der Waals surface area contributed by atoms with Crippen molar-refractivity contribution in [2.75, 3.05) is 5.32 Å². The van der Waals surface area contributed by atoms with Gasteiger partial charge in [0.25, 0.3) is 5.91 Å². The third-order valence-corrected chi connectivity index (χ3v) is 5.26. The van der Waals surface area contributed by atoms with Gasteiger partial charge in [-0.15, -0.1) is 0 Å². The Morgan fingerprint density at radius 2 is 1.64 bits per heavy atom. The Balaban J connectivity index is 1.83. The van der Waals surface area contributed by atoms with Crippen LogP contribution in [0.3, 0.4) is 0 Å². The highest BCUT2D eigenvalue weighted by Crippen LogP contribution is 2.28. The Labute approximate surface area is 172 Å². The maximum atomic E-state index is 13.1. The van der Waals surface area contributed by atoms with Gasteiger partial charge in [-0.25, -0.2) is 4.98 Å². The SMILES string of the molecule is Cc1ccc(NC(=O)c2cc(-c3ccc(Br)cc3)nc3c(C)cccc23)cc1. The molecule has 0 spiro atoms. The predicted octanol–water partition coefficient (Wildman–Crippen LogP) is 6.53. The molecule has 0 saturated heterocycles. The zero-order valence-corrected chi connectivity index (χ0v) is 17.2. The normalized spacial score (nSPS) is 10.8. The molecule has 0 unspecified atom stereocenters. The number of nitrogens with zero attached hydrogens (tertiary/aromatic N) is 1. The second kappa shape index (κ2) is 7.56. The summed E-state index contributed by atoms with van der Waals surface area (Å²) in [6, 6.07) is 23.5. The monoisotopic (exact) mass is 430 g/mol. The number of fused-ring (bicyclic) bond motifs is 1. The predicted molar refractivity (Wildman–Crippen MR) is 119 cm³/mol. The number of aryl methyl sites for hydroxylation is 2. The lowest BCUT2D eigenvalue weighted by atomic mass is 10.0. The molecular weight excluding hydrogens is 412 g/mol.